The van der Waals surface area contributed by atoms with Gasteiger partial charge in [0, 0.05) is 26.2 Å². The highest BCUT2D eigenvalue weighted by Gasteiger charge is 2.52. The first-order valence-electron chi connectivity index (χ1n) is 8.26. The summed E-state index contributed by atoms with van der Waals surface area (Å²) in [5.41, 5.74) is 1.93. The molecule has 128 valence electrons. The average molecular weight is 338 g/mol. The lowest BCUT2D eigenvalue weighted by Gasteiger charge is -2.47. The van der Waals surface area contributed by atoms with E-state index in [-0.39, 0.29) is 0 Å². The number of aliphatic hydroxyl groups is 1. The van der Waals surface area contributed by atoms with Crippen LogP contribution in [0.5, 0.6) is 0 Å². The summed E-state index contributed by atoms with van der Waals surface area (Å²) >= 11 is 0. The largest absolute Gasteiger partial charge is 0.390 e. The molecule has 23 heavy (non-hydrogen) atoms. The predicted octanol–water partition coefficient (Wildman–Crippen LogP) is 1.36. The van der Waals surface area contributed by atoms with Crippen molar-refractivity contribution in [3.05, 3.63) is 35.4 Å². The first-order valence-corrected chi connectivity index (χ1v) is 10.1. The Morgan fingerprint density at radius 1 is 1.26 bits per heavy atom. The minimum atomic E-state index is -3.27. The number of hydrogen-bond donors (Lipinski definition) is 1. The molecular weight excluding hydrogens is 312 g/mol. The molecule has 0 unspecified atom stereocenters. The lowest BCUT2D eigenvalue weighted by Crippen LogP contribution is -2.62. The predicted molar refractivity (Wildman–Crippen MR) is 90.6 cm³/mol. The highest BCUT2D eigenvalue weighted by Crippen LogP contribution is 2.40. The first kappa shape index (κ1) is 16.9. The molecule has 3 rings (SSSR count). The van der Waals surface area contributed by atoms with Gasteiger partial charge in [-0.3, -0.25) is 4.90 Å². The zero-order valence-corrected chi connectivity index (χ0v) is 14.7. The van der Waals surface area contributed by atoms with Crippen molar-refractivity contribution in [1.82, 2.24) is 9.21 Å². The van der Waals surface area contributed by atoms with E-state index in [0.29, 0.717) is 19.5 Å². The van der Waals surface area contributed by atoms with Gasteiger partial charge in [-0.05, 0) is 37.3 Å². The second kappa shape index (κ2) is 6.16. The molecule has 0 aromatic heterocycles. The molecule has 2 fully saturated rings. The normalized spacial score (nSPS) is 30.1. The van der Waals surface area contributed by atoms with E-state index in [4.69, 9.17) is 0 Å². The number of nitrogens with zero attached hydrogens (tertiary/aromatic N) is 2. The van der Waals surface area contributed by atoms with Gasteiger partial charge >= 0.3 is 0 Å². The summed E-state index contributed by atoms with van der Waals surface area (Å²) in [4.78, 5) is 2.23. The van der Waals surface area contributed by atoms with E-state index in [1.165, 1.54) is 17.4 Å². The average Bonchev–Trinajstić information content (AvgIpc) is 2.91. The molecule has 0 bridgehead atoms. The van der Waals surface area contributed by atoms with Gasteiger partial charge in [-0.2, -0.15) is 4.31 Å². The minimum absolute atomic E-state index is 0.528. The fourth-order valence-corrected chi connectivity index (χ4v) is 5.58. The van der Waals surface area contributed by atoms with Gasteiger partial charge in [0.15, 0.2) is 0 Å². The molecule has 2 aliphatic rings. The van der Waals surface area contributed by atoms with E-state index in [0.717, 1.165) is 25.9 Å². The summed E-state index contributed by atoms with van der Waals surface area (Å²) in [7, 11) is -3.27. The van der Waals surface area contributed by atoms with E-state index >= 15 is 0 Å². The van der Waals surface area contributed by atoms with E-state index < -0.39 is 21.7 Å². The van der Waals surface area contributed by atoms with E-state index in [1.54, 1.807) is 4.31 Å². The summed E-state index contributed by atoms with van der Waals surface area (Å²) in [5.74, 6) is 0. The SMILES string of the molecule is Cc1ccccc1CN1CC[C@@]2(CCCN2S(C)(=O)=O)[C@@H](O)C1. The molecule has 1 aromatic carbocycles. The maximum absolute atomic E-state index is 12.1. The lowest BCUT2D eigenvalue weighted by atomic mass is 9.83. The Labute approximate surface area is 139 Å². The molecule has 0 saturated carbocycles. The quantitative estimate of drug-likeness (QED) is 0.904. The molecule has 0 amide bonds. The molecule has 1 aromatic rings. The monoisotopic (exact) mass is 338 g/mol. The van der Waals surface area contributed by atoms with Crippen LogP contribution in [-0.4, -0.2) is 60.3 Å². The Balaban J connectivity index is 1.74. The fraction of sp³-hybridized carbons (Fsp3) is 0.647. The van der Waals surface area contributed by atoms with Crippen molar-refractivity contribution in [3.8, 4) is 0 Å². The van der Waals surface area contributed by atoms with Crippen molar-refractivity contribution < 1.29 is 13.5 Å². The summed E-state index contributed by atoms with van der Waals surface area (Å²) < 4.78 is 25.7. The highest BCUT2D eigenvalue weighted by atomic mass is 32.2. The molecule has 6 heteroatoms. The van der Waals surface area contributed by atoms with Gasteiger partial charge in [-0.15, -0.1) is 0 Å². The third-order valence-electron chi connectivity index (χ3n) is 5.44. The zero-order chi connectivity index (χ0) is 16.7. The van der Waals surface area contributed by atoms with Crippen LogP contribution in [0.1, 0.15) is 30.4 Å². The van der Waals surface area contributed by atoms with Crippen LogP contribution in [0, 0.1) is 6.92 Å². The highest BCUT2D eigenvalue weighted by molar-refractivity contribution is 7.88. The van der Waals surface area contributed by atoms with Crippen LogP contribution in [0.15, 0.2) is 24.3 Å². The molecule has 1 N–H and O–H groups in total. The Hall–Kier alpha value is -0.950. The van der Waals surface area contributed by atoms with E-state index in [9.17, 15) is 13.5 Å². The van der Waals surface area contributed by atoms with Crippen LogP contribution in [0.4, 0.5) is 0 Å². The zero-order valence-electron chi connectivity index (χ0n) is 13.9. The number of rotatable bonds is 3. The number of piperidine rings is 1. The lowest BCUT2D eigenvalue weighted by molar-refractivity contribution is -0.0380. The number of β-amino-alcohol motifs (C(OH)–C–C–N with tert-alkyl or cyclic N) is 1. The van der Waals surface area contributed by atoms with Gasteiger partial charge in [0.1, 0.15) is 0 Å². The number of aliphatic hydroxyl groups excluding tert-OH is 1. The molecule has 2 atom stereocenters. The van der Waals surface area contributed by atoms with Crippen LogP contribution >= 0.6 is 0 Å². The molecule has 1 spiro atoms. The maximum Gasteiger partial charge on any atom is 0.211 e. The molecule has 2 saturated heterocycles. The second-order valence-corrected chi connectivity index (χ2v) is 8.88. The van der Waals surface area contributed by atoms with E-state index in [2.05, 4.69) is 24.0 Å². The number of aryl methyl sites for hydroxylation is 1. The number of benzene rings is 1. The standard InChI is InChI=1S/C17H26N2O3S/c1-14-6-3-4-7-15(14)12-18-11-9-17(16(20)13-18)8-5-10-19(17)23(2,21)22/h3-4,6-7,16,20H,5,8-13H2,1-2H3/t16-,17-/m0/s1. The third kappa shape index (κ3) is 3.18. The van der Waals surface area contributed by atoms with Crippen molar-refractivity contribution in [2.24, 2.45) is 0 Å². The Kier molecular flexibility index (Phi) is 4.53. The van der Waals surface area contributed by atoms with Crippen molar-refractivity contribution in [1.29, 1.82) is 0 Å². The third-order valence-corrected chi connectivity index (χ3v) is 6.78. The molecule has 5 nitrogen and oxygen atoms in total. The van der Waals surface area contributed by atoms with Crippen molar-refractivity contribution in [2.75, 3.05) is 25.9 Å². The Morgan fingerprint density at radius 2 is 2.00 bits per heavy atom. The number of likely N-dealkylation sites (tertiary alicyclic amines) is 1. The van der Waals surface area contributed by atoms with Gasteiger partial charge in [0.2, 0.25) is 10.0 Å². The van der Waals surface area contributed by atoms with Crippen LogP contribution in [0.25, 0.3) is 0 Å². The molecule has 2 heterocycles. The van der Waals surface area contributed by atoms with Crippen LogP contribution in [0.3, 0.4) is 0 Å². The van der Waals surface area contributed by atoms with Gasteiger partial charge in [0.05, 0.1) is 17.9 Å². The van der Waals surface area contributed by atoms with Crippen molar-refractivity contribution in [2.45, 2.75) is 44.4 Å². The van der Waals surface area contributed by atoms with E-state index in [1.807, 2.05) is 12.1 Å². The van der Waals surface area contributed by atoms with Crippen molar-refractivity contribution in [3.63, 3.8) is 0 Å². The van der Waals surface area contributed by atoms with Crippen LogP contribution in [-0.2, 0) is 16.6 Å². The maximum atomic E-state index is 12.1. The van der Waals surface area contributed by atoms with Gasteiger partial charge in [0.25, 0.3) is 0 Å². The molecule has 0 aliphatic carbocycles. The second-order valence-electron chi connectivity index (χ2n) is 6.97. The molecule has 2 aliphatic heterocycles. The van der Waals surface area contributed by atoms with Gasteiger partial charge < -0.3 is 5.11 Å². The van der Waals surface area contributed by atoms with Crippen LogP contribution < -0.4 is 0 Å². The van der Waals surface area contributed by atoms with Crippen molar-refractivity contribution >= 4 is 10.0 Å². The van der Waals surface area contributed by atoms with Crippen LogP contribution in [0.2, 0.25) is 0 Å². The summed E-state index contributed by atoms with van der Waals surface area (Å²) in [5, 5.41) is 10.8. The topological polar surface area (TPSA) is 60.9 Å². The minimum Gasteiger partial charge on any atom is -0.390 e. The summed E-state index contributed by atoms with van der Waals surface area (Å²) in [6.07, 6.45) is 2.93. The summed E-state index contributed by atoms with van der Waals surface area (Å²) in [6.45, 7) is 4.78. The van der Waals surface area contributed by atoms with Gasteiger partial charge in [-0.1, -0.05) is 24.3 Å². The summed E-state index contributed by atoms with van der Waals surface area (Å²) in [6, 6.07) is 8.28. The fourth-order valence-electron chi connectivity index (χ4n) is 4.15. The smallest absolute Gasteiger partial charge is 0.211 e. The molecular formula is C17H26N2O3S. The molecule has 0 radical (unpaired) electrons. The van der Waals surface area contributed by atoms with Gasteiger partial charge in [-0.25, -0.2) is 8.42 Å². The number of hydrogen-bond acceptors (Lipinski definition) is 4. The number of sulfonamides is 1. The Morgan fingerprint density at radius 3 is 2.65 bits per heavy atom. The Bertz CT molecular complexity index is 676. The first-order chi connectivity index (χ1) is 10.8.